The third-order valence-corrected chi connectivity index (χ3v) is 5.70. The molecular weight excluding hydrogens is 364 g/mol. The third kappa shape index (κ3) is 6.57. The number of esters is 1. The highest BCUT2D eigenvalue weighted by atomic mass is 16.5. The molecule has 0 radical (unpaired) electrons. The maximum atomic E-state index is 12.9. The molecule has 0 saturated carbocycles. The van der Waals surface area contributed by atoms with Crippen LogP contribution >= 0.6 is 0 Å². The van der Waals surface area contributed by atoms with Crippen molar-refractivity contribution >= 4 is 11.9 Å². The van der Waals surface area contributed by atoms with Crippen molar-refractivity contribution < 1.29 is 14.3 Å². The van der Waals surface area contributed by atoms with E-state index in [1.807, 2.05) is 6.92 Å². The van der Waals surface area contributed by atoms with E-state index in [2.05, 4.69) is 47.2 Å². The number of nitrogens with zero attached hydrogens (tertiary/aromatic N) is 1. The van der Waals surface area contributed by atoms with Gasteiger partial charge in [0.25, 0.3) is 0 Å². The van der Waals surface area contributed by atoms with Crippen LogP contribution in [0.4, 0.5) is 0 Å². The van der Waals surface area contributed by atoms with E-state index in [0.717, 1.165) is 45.2 Å². The van der Waals surface area contributed by atoms with E-state index >= 15 is 0 Å². The van der Waals surface area contributed by atoms with Crippen LogP contribution in [0.25, 0.3) is 0 Å². The molecule has 29 heavy (non-hydrogen) atoms. The SMILES string of the molecule is C=C/C=C(/CN1CCC(CCC2=CC=CCC=C2)(C(=O)OCC)CC1)C(=O)NC. The molecule has 5 nitrogen and oxygen atoms in total. The van der Waals surface area contributed by atoms with Crippen molar-refractivity contribution in [3.8, 4) is 0 Å². The molecule has 0 aromatic rings. The van der Waals surface area contributed by atoms with Crippen molar-refractivity contribution in [3.63, 3.8) is 0 Å². The van der Waals surface area contributed by atoms with Crippen LogP contribution in [-0.4, -0.2) is 50.1 Å². The number of carbonyl (C=O) groups is 2. The zero-order chi connectivity index (χ0) is 21.1. The van der Waals surface area contributed by atoms with Crippen LogP contribution in [0.3, 0.4) is 0 Å². The fraction of sp³-hybridized carbons (Fsp3) is 0.500. The lowest BCUT2D eigenvalue weighted by atomic mass is 9.74. The van der Waals surface area contributed by atoms with Crippen LogP contribution in [0.1, 0.15) is 39.0 Å². The molecular formula is C24H34N2O3. The number of amides is 1. The average molecular weight is 399 g/mol. The van der Waals surface area contributed by atoms with E-state index in [4.69, 9.17) is 4.74 Å². The molecule has 2 rings (SSSR count). The number of hydrogen-bond donors (Lipinski definition) is 1. The van der Waals surface area contributed by atoms with Crippen LogP contribution in [0, 0.1) is 5.41 Å². The summed E-state index contributed by atoms with van der Waals surface area (Å²) in [7, 11) is 1.63. The lowest BCUT2D eigenvalue weighted by Gasteiger charge is -2.40. The monoisotopic (exact) mass is 398 g/mol. The van der Waals surface area contributed by atoms with Gasteiger partial charge in [0.15, 0.2) is 0 Å². The Morgan fingerprint density at radius 1 is 1.31 bits per heavy atom. The predicted molar refractivity (Wildman–Crippen MR) is 117 cm³/mol. The van der Waals surface area contributed by atoms with E-state index in [9.17, 15) is 9.59 Å². The summed E-state index contributed by atoms with van der Waals surface area (Å²) in [6.45, 7) is 8.05. The lowest BCUT2D eigenvalue weighted by Crippen LogP contribution is -2.46. The fourth-order valence-electron chi connectivity index (χ4n) is 3.90. The number of likely N-dealkylation sites (tertiary alicyclic amines) is 1. The second-order valence-electron chi connectivity index (χ2n) is 7.59. The quantitative estimate of drug-likeness (QED) is 0.365. The van der Waals surface area contributed by atoms with Gasteiger partial charge in [-0.15, -0.1) is 0 Å². The van der Waals surface area contributed by atoms with Crippen LogP contribution in [-0.2, 0) is 14.3 Å². The van der Waals surface area contributed by atoms with Crippen LogP contribution in [0.2, 0.25) is 0 Å². The van der Waals surface area contributed by atoms with Gasteiger partial charge in [0.2, 0.25) is 5.91 Å². The number of carbonyl (C=O) groups excluding carboxylic acids is 2. The fourth-order valence-corrected chi connectivity index (χ4v) is 3.90. The van der Waals surface area contributed by atoms with Gasteiger partial charge in [-0.05, 0) is 57.7 Å². The highest BCUT2D eigenvalue weighted by molar-refractivity contribution is 5.93. The Hall–Kier alpha value is -2.40. The molecule has 0 spiro atoms. The van der Waals surface area contributed by atoms with Gasteiger partial charge in [0, 0.05) is 19.2 Å². The molecule has 1 amide bonds. The Morgan fingerprint density at radius 3 is 2.72 bits per heavy atom. The molecule has 0 bridgehead atoms. The van der Waals surface area contributed by atoms with Crippen molar-refractivity contribution in [1.82, 2.24) is 10.2 Å². The normalized spacial score (nSPS) is 19.2. The van der Waals surface area contributed by atoms with E-state index in [1.165, 1.54) is 5.57 Å². The maximum absolute atomic E-state index is 12.9. The Balaban J connectivity index is 2.05. The van der Waals surface area contributed by atoms with E-state index in [0.29, 0.717) is 18.7 Å². The van der Waals surface area contributed by atoms with E-state index in [1.54, 1.807) is 19.2 Å². The minimum absolute atomic E-state index is 0.0819. The van der Waals surface area contributed by atoms with Gasteiger partial charge in [-0.3, -0.25) is 14.5 Å². The Bertz CT molecular complexity index is 708. The maximum Gasteiger partial charge on any atom is 0.312 e. The minimum atomic E-state index is -0.452. The van der Waals surface area contributed by atoms with Gasteiger partial charge >= 0.3 is 5.97 Å². The molecule has 1 heterocycles. The summed E-state index contributed by atoms with van der Waals surface area (Å²) in [5.41, 5.74) is 1.49. The zero-order valence-corrected chi connectivity index (χ0v) is 17.8. The van der Waals surface area contributed by atoms with Gasteiger partial charge < -0.3 is 10.1 Å². The number of allylic oxidation sites excluding steroid dienone is 8. The van der Waals surface area contributed by atoms with Crippen molar-refractivity contribution in [2.24, 2.45) is 5.41 Å². The number of nitrogens with one attached hydrogen (secondary N) is 1. The van der Waals surface area contributed by atoms with Crippen LogP contribution in [0.15, 0.2) is 60.3 Å². The topological polar surface area (TPSA) is 58.6 Å². The Labute approximate surface area is 174 Å². The summed E-state index contributed by atoms with van der Waals surface area (Å²) in [4.78, 5) is 27.2. The first-order valence-electron chi connectivity index (χ1n) is 10.5. The largest absolute Gasteiger partial charge is 0.466 e. The van der Waals surface area contributed by atoms with E-state index < -0.39 is 5.41 Å². The van der Waals surface area contributed by atoms with Crippen molar-refractivity contribution in [1.29, 1.82) is 0 Å². The van der Waals surface area contributed by atoms with Crippen molar-refractivity contribution in [2.75, 3.05) is 33.3 Å². The summed E-state index contributed by atoms with van der Waals surface area (Å²) >= 11 is 0. The first-order valence-corrected chi connectivity index (χ1v) is 10.5. The first kappa shape index (κ1) is 22.9. The summed E-state index contributed by atoms with van der Waals surface area (Å²) in [6.07, 6.45) is 18.1. The number of ether oxygens (including phenoxy) is 1. The summed E-state index contributed by atoms with van der Waals surface area (Å²) in [6, 6.07) is 0. The molecule has 1 N–H and O–H groups in total. The molecule has 0 atom stereocenters. The lowest BCUT2D eigenvalue weighted by molar-refractivity contribution is -0.159. The minimum Gasteiger partial charge on any atom is -0.466 e. The van der Waals surface area contributed by atoms with Crippen LogP contribution < -0.4 is 5.32 Å². The molecule has 0 aromatic carbocycles. The number of piperidine rings is 1. The number of likely N-dealkylation sites (N-methyl/N-ethyl adjacent to an activating group) is 1. The van der Waals surface area contributed by atoms with Crippen LogP contribution in [0.5, 0.6) is 0 Å². The summed E-state index contributed by atoms with van der Waals surface area (Å²) in [5, 5.41) is 2.68. The highest BCUT2D eigenvalue weighted by Crippen LogP contribution is 2.39. The highest BCUT2D eigenvalue weighted by Gasteiger charge is 2.42. The number of hydrogen-bond acceptors (Lipinski definition) is 4. The smallest absolute Gasteiger partial charge is 0.312 e. The zero-order valence-electron chi connectivity index (χ0n) is 17.8. The van der Waals surface area contributed by atoms with Crippen molar-refractivity contribution in [3.05, 3.63) is 60.3 Å². The van der Waals surface area contributed by atoms with Gasteiger partial charge in [-0.2, -0.15) is 0 Å². The molecule has 1 aliphatic carbocycles. The summed E-state index contributed by atoms with van der Waals surface area (Å²) in [5.74, 6) is -0.172. The van der Waals surface area contributed by atoms with E-state index in [-0.39, 0.29) is 11.9 Å². The van der Waals surface area contributed by atoms with Gasteiger partial charge in [0.05, 0.1) is 12.0 Å². The average Bonchev–Trinajstić information content (AvgIpc) is 3.01. The molecule has 0 aromatic heterocycles. The standard InChI is InChI=1S/C24H34N2O3/c1-4-10-21(22(27)25-3)19-26-17-15-24(16-18-26,23(28)29-5-2)14-13-20-11-8-6-7-9-12-20/h4,6,8-12H,1,5,7,13-19H2,2-3H3,(H,25,27)/b21-10-. The molecule has 1 fully saturated rings. The Kier molecular flexibility index (Phi) is 9.13. The number of rotatable bonds is 9. The molecule has 1 saturated heterocycles. The molecule has 1 aliphatic heterocycles. The Morgan fingerprint density at radius 2 is 2.07 bits per heavy atom. The molecule has 2 aliphatic rings. The van der Waals surface area contributed by atoms with Gasteiger partial charge in [-0.1, -0.05) is 49.1 Å². The van der Waals surface area contributed by atoms with Gasteiger partial charge in [0.1, 0.15) is 0 Å². The van der Waals surface area contributed by atoms with Crippen molar-refractivity contribution in [2.45, 2.75) is 39.0 Å². The van der Waals surface area contributed by atoms with Gasteiger partial charge in [-0.25, -0.2) is 0 Å². The second-order valence-corrected chi connectivity index (χ2v) is 7.59. The molecule has 5 heteroatoms. The third-order valence-electron chi connectivity index (χ3n) is 5.70. The first-order chi connectivity index (χ1) is 14.0. The summed E-state index contributed by atoms with van der Waals surface area (Å²) < 4.78 is 5.46. The second kappa shape index (κ2) is 11.6. The predicted octanol–water partition coefficient (Wildman–Crippen LogP) is 3.71. The molecule has 0 unspecified atom stereocenters. The molecule has 158 valence electrons.